The number of carbonyl (C=O) groups is 1. The lowest BCUT2D eigenvalue weighted by atomic mass is 9.96. The fourth-order valence-electron chi connectivity index (χ4n) is 3.88. The lowest BCUT2D eigenvalue weighted by molar-refractivity contribution is 0.0930. The van der Waals surface area contributed by atoms with Gasteiger partial charge in [-0.15, -0.1) is 0 Å². The highest BCUT2D eigenvalue weighted by molar-refractivity contribution is 5.90. The second-order valence-corrected chi connectivity index (χ2v) is 7.58. The molecule has 1 aliphatic rings. The Bertz CT molecular complexity index is 964. The molecule has 0 bridgehead atoms. The highest BCUT2D eigenvalue weighted by Gasteiger charge is 2.21. The average Bonchev–Trinajstić information content (AvgIpc) is 3.26. The van der Waals surface area contributed by atoms with Crippen molar-refractivity contribution in [3.63, 3.8) is 0 Å². The van der Waals surface area contributed by atoms with Crippen LogP contribution in [0, 0.1) is 5.92 Å². The van der Waals surface area contributed by atoms with Crippen LogP contribution in [-0.4, -0.2) is 47.2 Å². The van der Waals surface area contributed by atoms with Gasteiger partial charge in [-0.1, -0.05) is 12.1 Å². The predicted octanol–water partition coefficient (Wildman–Crippen LogP) is 2.98. The number of nitrogens with zero attached hydrogens (tertiary/aromatic N) is 4. The van der Waals surface area contributed by atoms with E-state index in [1.54, 1.807) is 13.3 Å². The van der Waals surface area contributed by atoms with Gasteiger partial charge < -0.3 is 19.5 Å². The number of piperidine rings is 1. The van der Waals surface area contributed by atoms with Gasteiger partial charge in [0.1, 0.15) is 5.75 Å². The minimum Gasteiger partial charge on any atom is -0.497 e. The zero-order valence-electron chi connectivity index (χ0n) is 17.2. The Balaban J connectivity index is 1.29. The van der Waals surface area contributed by atoms with Crippen molar-refractivity contribution in [2.45, 2.75) is 19.4 Å². The van der Waals surface area contributed by atoms with Crippen molar-refractivity contribution >= 4 is 11.6 Å². The molecule has 0 atom stereocenters. The van der Waals surface area contributed by atoms with Crippen molar-refractivity contribution in [3.05, 3.63) is 72.6 Å². The molecule has 0 aliphatic carbocycles. The zero-order valence-corrected chi connectivity index (χ0v) is 17.2. The fraction of sp³-hybridized carbons (Fsp3) is 0.348. The van der Waals surface area contributed by atoms with Crippen LogP contribution in [0.3, 0.4) is 0 Å². The fourth-order valence-corrected chi connectivity index (χ4v) is 3.88. The normalized spacial score (nSPS) is 14.5. The van der Waals surface area contributed by atoms with E-state index in [-0.39, 0.29) is 5.91 Å². The third-order valence-electron chi connectivity index (χ3n) is 5.60. The summed E-state index contributed by atoms with van der Waals surface area (Å²) in [6.07, 6.45) is 9.27. The standard InChI is InChI=1S/C23H27N5O2/c1-30-21-4-2-3-19(15-21)17-28-14-11-25-22(28)23(29)26-16-18-7-12-27(13-8-18)20-5-9-24-10-6-20/h2-6,9-11,14-15,18H,7-8,12-13,16-17H2,1H3,(H,26,29). The smallest absolute Gasteiger partial charge is 0.287 e. The molecule has 3 heterocycles. The molecule has 0 spiro atoms. The molecule has 30 heavy (non-hydrogen) atoms. The Labute approximate surface area is 176 Å². The molecule has 1 aliphatic heterocycles. The molecule has 1 N–H and O–H groups in total. The van der Waals surface area contributed by atoms with Crippen LogP contribution < -0.4 is 15.0 Å². The number of hydrogen-bond acceptors (Lipinski definition) is 5. The molecule has 7 heteroatoms. The number of nitrogens with one attached hydrogen (secondary N) is 1. The molecule has 1 amide bonds. The predicted molar refractivity (Wildman–Crippen MR) is 116 cm³/mol. The molecule has 0 radical (unpaired) electrons. The summed E-state index contributed by atoms with van der Waals surface area (Å²) in [6.45, 7) is 3.24. The van der Waals surface area contributed by atoms with Crippen LogP contribution in [0.4, 0.5) is 5.69 Å². The van der Waals surface area contributed by atoms with E-state index in [0.717, 1.165) is 37.2 Å². The highest BCUT2D eigenvalue weighted by atomic mass is 16.5. The van der Waals surface area contributed by atoms with Gasteiger partial charge in [-0.3, -0.25) is 9.78 Å². The third-order valence-corrected chi connectivity index (χ3v) is 5.60. The number of aromatic nitrogens is 3. The number of anilines is 1. The SMILES string of the molecule is COc1cccc(Cn2ccnc2C(=O)NCC2CCN(c3ccncc3)CC2)c1. The van der Waals surface area contributed by atoms with E-state index in [0.29, 0.717) is 24.8 Å². The van der Waals surface area contributed by atoms with Gasteiger partial charge in [-0.25, -0.2) is 4.98 Å². The van der Waals surface area contributed by atoms with Gasteiger partial charge in [0.25, 0.3) is 5.91 Å². The number of pyridine rings is 1. The van der Waals surface area contributed by atoms with Crippen LogP contribution in [0.1, 0.15) is 29.0 Å². The molecule has 4 rings (SSSR count). The molecular weight excluding hydrogens is 378 g/mol. The maximum absolute atomic E-state index is 12.7. The summed E-state index contributed by atoms with van der Waals surface area (Å²) in [4.78, 5) is 23.5. The maximum Gasteiger partial charge on any atom is 0.287 e. The van der Waals surface area contributed by atoms with Gasteiger partial charge in [-0.05, 0) is 48.6 Å². The topological polar surface area (TPSA) is 72.3 Å². The van der Waals surface area contributed by atoms with Crippen LogP contribution in [0.25, 0.3) is 0 Å². The molecule has 156 valence electrons. The van der Waals surface area contributed by atoms with Crippen molar-refractivity contribution < 1.29 is 9.53 Å². The van der Waals surface area contributed by atoms with Crippen molar-refractivity contribution in [1.29, 1.82) is 0 Å². The first-order valence-corrected chi connectivity index (χ1v) is 10.3. The second-order valence-electron chi connectivity index (χ2n) is 7.58. The number of hydrogen-bond donors (Lipinski definition) is 1. The molecule has 1 fully saturated rings. The van der Waals surface area contributed by atoms with Crippen molar-refractivity contribution in [1.82, 2.24) is 19.9 Å². The minimum absolute atomic E-state index is 0.126. The molecule has 1 saturated heterocycles. The number of ether oxygens (including phenoxy) is 1. The van der Waals surface area contributed by atoms with Crippen molar-refractivity contribution in [3.8, 4) is 5.75 Å². The van der Waals surface area contributed by atoms with Crippen LogP contribution in [0.5, 0.6) is 5.75 Å². The first-order chi connectivity index (χ1) is 14.7. The van der Waals surface area contributed by atoms with Crippen molar-refractivity contribution in [2.75, 3.05) is 31.6 Å². The Hall–Kier alpha value is -3.35. The van der Waals surface area contributed by atoms with Gasteiger partial charge in [-0.2, -0.15) is 0 Å². The average molecular weight is 406 g/mol. The van der Waals surface area contributed by atoms with Gasteiger partial charge in [0.2, 0.25) is 0 Å². The van der Waals surface area contributed by atoms with E-state index in [2.05, 4.69) is 20.2 Å². The van der Waals surface area contributed by atoms with Gasteiger partial charge in [0.15, 0.2) is 5.82 Å². The molecule has 1 aromatic carbocycles. The van der Waals surface area contributed by atoms with E-state index in [1.165, 1.54) is 5.69 Å². The molecule has 0 saturated carbocycles. The van der Waals surface area contributed by atoms with E-state index in [4.69, 9.17) is 4.74 Å². The number of imidazole rings is 1. The number of carbonyl (C=O) groups excluding carboxylic acids is 1. The molecule has 2 aromatic heterocycles. The minimum atomic E-state index is -0.126. The zero-order chi connectivity index (χ0) is 20.8. The summed E-state index contributed by atoms with van der Waals surface area (Å²) in [5.41, 5.74) is 2.27. The first kappa shape index (κ1) is 19.9. The van der Waals surface area contributed by atoms with Gasteiger partial charge in [0, 0.05) is 56.7 Å². The largest absolute Gasteiger partial charge is 0.497 e. The summed E-state index contributed by atoms with van der Waals surface area (Å²) in [5, 5.41) is 3.08. The monoisotopic (exact) mass is 405 g/mol. The summed E-state index contributed by atoms with van der Waals surface area (Å²) in [7, 11) is 1.65. The van der Waals surface area contributed by atoms with E-state index in [9.17, 15) is 4.79 Å². The van der Waals surface area contributed by atoms with Crippen molar-refractivity contribution in [2.24, 2.45) is 5.92 Å². The van der Waals surface area contributed by atoms with E-state index >= 15 is 0 Å². The quantitative estimate of drug-likeness (QED) is 0.654. The van der Waals surface area contributed by atoms with Crippen LogP contribution in [0.2, 0.25) is 0 Å². The Morgan fingerprint density at radius 1 is 1.17 bits per heavy atom. The number of amides is 1. The Morgan fingerprint density at radius 2 is 1.97 bits per heavy atom. The first-order valence-electron chi connectivity index (χ1n) is 10.3. The highest BCUT2D eigenvalue weighted by Crippen LogP contribution is 2.22. The van der Waals surface area contributed by atoms with E-state index < -0.39 is 0 Å². The van der Waals surface area contributed by atoms with Crippen LogP contribution in [0.15, 0.2) is 61.2 Å². The molecular formula is C23H27N5O2. The second kappa shape index (κ2) is 9.43. The number of methoxy groups -OCH3 is 1. The Kier molecular flexibility index (Phi) is 6.27. The van der Waals surface area contributed by atoms with Crippen LogP contribution in [-0.2, 0) is 6.54 Å². The van der Waals surface area contributed by atoms with Crippen LogP contribution >= 0.6 is 0 Å². The lowest BCUT2D eigenvalue weighted by Crippen LogP contribution is -2.39. The van der Waals surface area contributed by atoms with Gasteiger partial charge >= 0.3 is 0 Å². The van der Waals surface area contributed by atoms with Gasteiger partial charge in [0.05, 0.1) is 7.11 Å². The summed E-state index contributed by atoms with van der Waals surface area (Å²) in [5.74, 6) is 1.59. The van der Waals surface area contributed by atoms with E-state index in [1.807, 2.05) is 59.6 Å². The third kappa shape index (κ3) is 4.79. The Morgan fingerprint density at radius 3 is 2.73 bits per heavy atom. The lowest BCUT2D eigenvalue weighted by Gasteiger charge is -2.33. The number of rotatable bonds is 7. The number of benzene rings is 1. The summed E-state index contributed by atoms with van der Waals surface area (Å²) < 4.78 is 7.15. The molecule has 3 aromatic rings. The molecule has 7 nitrogen and oxygen atoms in total. The summed E-state index contributed by atoms with van der Waals surface area (Å²) >= 11 is 0. The maximum atomic E-state index is 12.7. The summed E-state index contributed by atoms with van der Waals surface area (Å²) in [6, 6.07) is 11.9. The molecule has 0 unspecified atom stereocenters.